The quantitative estimate of drug-likeness (QED) is 0.824. The van der Waals surface area contributed by atoms with Crippen LogP contribution in [0.3, 0.4) is 0 Å². The van der Waals surface area contributed by atoms with Crippen molar-refractivity contribution in [3.05, 3.63) is 53.9 Å². The van der Waals surface area contributed by atoms with E-state index >= 15 is 0 Å². The van der Waals surface area contributed by atoms with Crippen LogP contribution in [0, 0.1) is 5.92 Å². The van der Waals surface area contributed by atoms with E-state index in [9.17, 15) is 4.79 Å². The van der Waals surface area contributed by atoms with Crippen LogP contribution in [-0.4, -0.2) is 29.0 Å². The lowest BCUT2D eigenvalue weighted by Gasteiger charge is -2.08. The molecule has 0 saturated heterocycles. The molecule has 0 unspecified atom stereocenters. The van der Waals surface area contributed by atoms with Crippen LogP contribution in [0.15, 0.2) is 42.6 Å². The number of amides is 1. The average molecular weight is 298 g/mol. The molecule has 0 atom stereocenters. The van der Waals surface area contributed by atoms with Crippen molar-refractivity contribution in [1.29, 1.82) is 0 Å². The molecule has 0 aliphatic heterocycles. The summed E-state index contributed by atoms with van der Waals surface area (Å²) in [6.45, 7) is 5.47. The third-order valence-electron chi connectivity index (χ3n) is 3.10. The van der Waals surface area contributed by atoms with Crippen LogP contribution >= 0.6 is 0 Å². The number of nitrogens with one attached hydrogen (secondary N) is 2. The minimum Gasteiger partial charge on any atom is -0.354 e. The van der Waals surface area contributed by atoms with Crippen LogP contribution in [0.2, 0.25) is 0 Å². The van der Waals surface area contributed by atoms with E-state index in [1.807, 2.05) is 18.2 Å². The summed E-state index contributed by atoms with van der Waals surface area (Å²) in [6, 6.07) is 11.8. The van der Waals surface area contributed by atoms with E-state index in [0.29, 0.717) is 24.1 Å². The highest BCUT2D eigenvalue weighted by molar-refractivity contribution is 5.92. The molecule has 1 amide bonds. The van der Waals surface area contributed by atoms with Gasteiger partial charge in [0.25, 0.3) is 5.91 Å². The molecule has 0 aliphatic carbocycles. The van der Waals surface area contributed by atoms with Gasteiger partial charge in [0.15, 0.2) is 0 Å². The van der Waals surface area contributed by atoms with Crippen molar-refractivity contribution >= 4 is 11.9 Å². The van der Waals surface area contributed by atoms with Crippen molar-refractivity contribution in [2.24, 2.45) is 5.92 Å². The van der Waals surface area contributed by atoms with Gasteiger partial charge in [0.2, 0.25) is 5.95 Å². The zero-order valence-electron chi connectivity index (χ0n) is 13.0. The Morgan fingerprint density at radius 1 is 1.18 bits per heavy atom. The number of rotatable bonds is 7. The first-order valence-corrected chi connectivity index (χ1v) is 7.54. The first-order chi connectivity index (χ1) is 10.6. The molecule has 1 heterocycles. The molecule has 0 bridgehead atoms. The maximum atomic E-state index is 12.0. The largest absolute Gasteiger partial charge is 0.354 e. The summed E-state index contributed by atoms with van der Waals surface area (Å²) in [5, 5.41) is 6.00. The Hall–Kier alpha value is -2.43. The Labute approximate surface area is 131 Å². The summed E-state index contributed by atoms with van der Waals surface area (Å²) in [5.41, 5.74) is 1.64. The van der Waals surface area contributed by atoms with Gasteiger partial charge in [0.1, 0.15) is 5.69 Å². The number of carbonyl (C=O) groups is 1. The summed E-state index contributed by atoms with van der Waals surface area (Å²) in [6.07, 6.45) is 2.48. The monoisotopic (exact) mass is 298 g/mol. The average Bonchev–Trinajstić information content (AvgIpc) is 2.54. The molecule has 2 N–H and O–H groups in total. The van der Waals surface area contributed by atoms with Crippen LogP contribution in [0.25, 0.3) is 0 Å². The van der Waals surface area contributed by atoms with Gasteiger partial charge < -0.3 is 10.6 Å². The summed E-state index contributed by atoms with van der Waals surface area (Å²) < 4.78 is 0. The van der Waals surface area contributed by atoms with E-state index < -0.39 is 0 Å². The van der Waals surface area contributed by atoms with Gasteiger partial charge in [-0.2, -0.15) is 0 Å². The molecule has 2 aromatic rings. The van der Waals surface area contributed by atoms with Gasteiger partial charge in [-0.3, -0.25) is 4.79 Å². The first-order valence-electron chi connectivity index (χ1n) is 7.54. The highest BCUT2D eigenvalue weighted by atomic mass is 16.1. The van der Waals surface area contributed by atoms with Crippen LogP contribution in [0.5, 0.6) is 0 Å². The maximum Gasteiger partial charge on any atom is 0.270 e. The van der Waals surface area contributed by atoms with Crippen molar-refractivity contribution < 1.29 is 4.79 Å². The molecule has 0 spiro atoms. The molecule has 22 heavy (non-hydrogen) atoms. The molecule has 2 rings (SSSR count). The van der Waals surface area contributed by atoms with Gasteiger partial charge in [-0.15, -0.1) is 0 Å². The fraction of sp³-hybridized carbons (Fsp3) is 0.353. The van der Waals surface area contributed by atoms with Gasteiger partial charge in [-0.25, -0.2) is 9.97 Å². The van der Waals surface area contributed by atoms with E-state index in [1.54, 1.807) is 12.3 Å². The second-order valence-corrected chi connectivity index (χ2v) is 5.53. The number of aromatic nitrogens is 2. The summed E-state index contributed by atoms with van der Waals surface area (Å²) >= 11 is 0. The lowest BCUT2D eigenvalue weighted by molar-refractivity contribution is 0.0944. The fourth-order valence-corrected chi connectivity index (χ4v) is 1.92. The topological polar surface area (TPSA) is 66.9 Å². The predicted molar refractivity (Wildman–Crippen MR) is 87.8 cm³/mol. The zero-order chi connectivity index (χ0) is 15.8. The Kier molecular flexibility index (Phi) is 5.89. The highest BCUT2D eigenvalue weighted by Crippen LogP contribution is 2.03. The van der Waals surface area contributed by atoms with Gasteiger partial charge >= 0.3 is 0 Å². The predicted octanol–water partition coefficient (Wildman–Crippen LogP) is 2.52. The second kappa shape index (κ2) is 8.12. The summed E-state index contributed by atoms with van der Waals surface area (Å²) in [4.78, 5) is 20.4. The van der Waals surface area contributed by atoms with Crippen molar-refractivity contribution in [2.45, 2.75) is 20.3 Å². The number of hydrogen-bond donors (Lipinski definition) is 2. The van der Waals surface area contributed by atoms with Crippen LogP contribution < -0.4 is 10.6 Å². The molecule has 0 aliphatic rings. The van der Waals surface area contributed by atoms with Crippen molar-refractivity contribution in [3.63, 3.8) is 0 Å². The first kappa shape index (κ1) is 15.9. The number of hydrogen-bond acceptors (Lipinski definition) is 4. The lowest BCUT2D eigenvalue weighted by Crippen LogP contribution is -2.28. The van der Waals surface area contributed by atoms with Crippen LogP contribution in [0.4, 0.5) is 5.95 Å². The van der Waals surface area contributed by atoms with E-state index in [-0.39, 0.29) is 5.91 Å². The molecular weight excluding hydrogens is 276 g/mol. The Balaban J connectivity index is 1.87. The minimum atomic E-state index is -0.165. The van der Waals surface area contributed by atoms with Crippen molar-refractivity contribution in [3.8, 4) is 0 Å². The van der Waals surface area contributed by atoms with Gasteiger partial charge in [-0.1, -0.05) is 44.2 Å². The van der Waals surface area contributed by atoms with E-state index in [1.165, 1.54) is 5.56 Å². The molecule has 5 nitrogen and oxygen atoms in total. The number of nitrogens with zero attached hydrogens (tertiary/aromatic N) is 2. The molecule has 0 saturated carbocycles. The molecule has 0 fully saturated rings. The number of carbonyl (C=O) groups excluding carboxylic acids is 1. The third kappa shape index (κ3) is 5.16. The SMILES string of the molecule is CC(C)CNC(=O)c1ccnc(NCCc2ccccc2)n1. The molecule has 1 aromatic heterocycles. The molecule has 0 radical (unpaired) electrons. The standard InChI is InChI=1S/C17H22N4O/c1-13(2)12-20-16(22)15-9-11-19-17(21-15)18-10-8-14-6-4-3-5-7-14/h3-7,9,11,13H,8,10,12H2,1-2H3,(H,20,22)(H,18,19,21). The zero-order valence-corrected chi connectivity index (χ0v) is 13.0. The summed E-state index contributed by atoms with van der Waals surface area (Å²) in [5.74, 6) is 0.726. The van der Waals surface area contributed by atoms with Crippen molar-refractivity contribution in [1.82, 2.24) is 15.3 Å². The Morgan fingerprint density at radius 2 is 1.95 bits per heavy atom. The Bertz CT molecular complexity index is 599. The van der Waals surface area contributed by atoms with Crippen molar-refractivity contribution in [2.75, 3.05) is 18.4 Å². The molecule has 116 valence electrons. The molecule has 5 heteroatoms. The second-order valence-electron chi connectivity index (χ2n) is 5.53. The van der Waals surface area contributed by atoms with E-state index in [4.69, 9.17) is 0 Å². The smallest absolute Gasteiger partial charge is 0.270 e. The number of benzene rings is 1. The molecule has 1 aromatic carbocycles. The highest BCUT2D eigenvalue weighted by Gasteiger charge is 2.08. The third-order valence-corrected chi connectivity index (χ3v) is 3.10. The molecular formula is C17H22N4O. The van der Waals surface area contributed by atoms with Gasteiger partial charge in [0, 0.05) is 19.3 Å². The normalized spacial score (nSPS) is 10.5. The fourth-order valence-electron chi connectivity index (χ4n) is 1.92. The summed E-state index contributed by atoms with van der Waals surface area (Å²) in [7, 11) is 0. The number of anilines is 1. The Morgan fingerprint density at radius 3 is 2.68 bits per heavy atom. The van der Waals surface area contributed by atoms with Gasteiger partial charge in [-0.05, 0) is 24.0 Å². The van der Waals surface area contributed by atoms with Crippen LogP contribution in [0.1, 0.15) is 29.9 Å². The van der Waals surface area contributed by atoms with E-state index in [0.717, 1.165) is 13.0 Å². The maximum absolute atomic E-state index is 12.0. The van der Waals surface area contributed by atoms with Crippen LogP contribution in [-0.2, 0) is 6.42 Å². The van der Waals surface area contributed by atoms with Gasteiger partial charge in [0.05, 0.1) is 0 Å². The lowest BCUT2D eigenvalue weighted by atomic mass is 10.1. The minimum absolute atomic E-state index is 0.165. The van der Waals surface area contributed by atoms with E-state index in [2.05, 4.69) is 46.6 Å².